The van der Waals surface area contributed by atoms with E-state index in [1.807, 2.05) is 0 Å². The van der Waals surface area contributed by atoms with Gasteiger partial charge >= 0.3 is 5.97 Å². The number of rotatable bonds is 7. The first kappa shape index (κ1) is 20.2. The second-order valence-electron chi connectivity index (χ2n) is 7.13. The molecule has 1 rings (SSSR count). The molecule has 0 spiro atoms. The van der Waals surface area contributed by atoms with E-state index in [1.54, 1.807) is 25.1 Å². The first-order valence-electron chi connectivity index (χ1n) is 8.07. The van der Waals surface area contributed by atoms with Gasteiger partial charge in [-0.2, -0.15) is 0 Å². The van der Waals surface area contributed by atoms with Gasteiger partial charge in [0.1, 0.15) is 17.9 Å². The maximum Gasteiger partial charge on any atom is 0.313 e. The minimum Gasteiger partial charge on any atom is -0.543 e. The Morgan fingerprint density at radius 2 is 1.79 bits per heavy atom. The van der Waals surface area contributed by atoms with Gasteiger partial charge in [-0.05, 0) is 37.2 Å². The second-order valence-corrected chi connectivity index (χ2v) is 11.9. The van der Waals surface area contributed by atoms with Crippen LogP contribution in [0.3, 0.4) is 0 Å². The van der Waals surface area contributed by atoms with Gasteiger partial charge in [-0.15, -0.1) is 0 Å². The largest absolute Gasteiger partial charge is 0.543 e. The number of ether oxygens (including phenoxy) is 2. The predicted octanol–water partition coefficient (Wildman–Crippen LogP) is 4.22. The lowest BCUT2D eigenvalue weighted by atomic mass is 10.1. The van der Waals surface area contributed by atoms with Gasteiger partial charge in [-0.25, -0.2) is 0 Å². The second kappa shape index (κ2) is 7.83. The lowest BCUT2D eigenvalue weighted by Crippen LogP contribution is -2.43. The van der Waals surface area contributed by atoms with Gasteiger partial charge in [0.25, 0.3) is 0 Å². The van der Waals surface area contributed by atoms with Crippen LogP contribution in [-0.2, 0) is 9.53 Å². The van der Waals surface area contributed by atoms with Crippen LogP contribution in [0.15, 0.2) is 18.2 Å². The van der Waals surface area contributed by atoms with Crippen molar-refractivity contribution in [3.63, 3.8) is 0 Å². The Morgan fingerprint density at radius 1 is 1.17 bits per heavy atom. The van der Waals surface area contributed by atoms with Crippen molar-refractivity contribution >= 4 is 20.1 Å². The number of carbonyl (C=O) groups excluding carboxylic acids is 2. The van der Waals surface area contributed by atoms with Crippen LogP contribution < -0.4 is 9.16 Å². The highest BCUT2D eigenvalue weighted by atomic mass is 28.4. The van der Waals surface area contributed by atoms with Crippen molar-refractivity contribution in [2.75, 3.05) is 13.7 Å². The molecule has 0 bridgehead atoms. The third-order valence-electron chi connectivity index (χ3n) is 4.26. The van der Waals surface area contributed by atoms with Gasteiger partial charge in [0.15, 0.2) is 5.78 Å². The zero-order valence-corrected chi connectivity index (χ0v) is 16.7. The van der Waals surface area contributed by atoms with Gasteiger partial charge in [0, 0.05) is 6.07 Å². The van der Waals surface area contributed by atoms with Crippen molar-refractivity contribution in [3.8, 4) is 11.5 Å². The van der Waals surface area contributed by atoms with Crippen LogP contribution >= 0.6 is 0 Å². The van der Waals surface area contributed by atoms with Crippen LogP contribution in [0.5, 0.6) is 11.5 Å². The van der Waals surface area contributed by atoms with Gasteiger partial charge in [0.05, 0.1) is 19.3 Å². The number of benzene rings is 1. The normalized spacial score (nSPS) is 11.8. The van der Waals surface area contributed by atoms with Gasteiger partial charge in [0.2, 0.25) is 8.32 Å². The molecule has 0 fully saturated rings. The molecule has 5 nitrogen and oxygen atoms in total. The average Bonchev–Trinajstić information content (AvgIpc) is 2.45. The van der Waals surface area contributed by atoms with Gasteiger partial charge in [-0.1, -0.05) is 20.8 Å². The number of Topliss-reactive ketones (excluding diaryl/α,β-unsaturated/α-hetero) is 1. The van der Waals surface area contributed by atoms with Crippen molar-refractivity contribution < 1.29 is 23.5 Å². The van der Waals surface area contributed by atoms with Crippen molar-refractivity contribution in [2.45, 2.75) is 52.2 Å². The lowest BCUT2D eigenvalue weighted by molar-refractivity contribution is -0.141. The summed E-state index contributed by atoms with van der Waals surface area (Å²) < 4.78 is 16.3. The Balaban J connectivity index is 3.01. The molecule has 0 amide bonds. The fourth-order valence-electron chi connectivity index (χ4n) is 1.85. The van der Waals surface area contributed by atoms with Crippen molar-refractivity contribution in [1.82, 2.24) is 0 Å². The Morgan fingerprint density at radius 3 is 2.29 bits per heavy atom. The molecule has 0 aliphatic heterocycles. The standard InChI is InChI=1S/C18H28O5Si/c1-8-22-17(20)12-15(19)14-10-9-13(11-16(14)21-5)23-24(6,7)18(2,3)4/h9-11H,8,12H2,1-7H3. The Hall–Kier alpha value is -1.82. The Kier molecular flexibility index (Phi) is 6.60. The number of carbonyl (C=O) groups is 2. The maximum atomic E-state index is 12.3. The summed E-state index contributed by atoms with van der Waals surface area (Å²) in [5.74, 6) is 0.210. The zero-order chi connectivity index (χ0) is 18.5. The van der Waals surface area contributed by atoms with E-state index in [0.29, 0.717) is 17.1 Å². The fraction of sp³-hybridized carbons (Fsp3) is 0.556. The van der Waals surface area contributed by atoms with E-state index in [0.717, 1.165) is 0 Å². The highest BCUT2D eigenvalue weighted by molar-refractivity contribution is 6.74. The molecule has 1 aromatic carbocycles. The number of esters is 1. The summed E-state index contributed by atoms with van der Waals surface area (Å²) in [5.41, 5.74) is 0.355. The zero-order valence-electron chi connectivity index (χ0n) is 15.7. The molecular weight excluding hydrogens is 324 g/mol. The minimum absolute atomic E-state index is 0.0681. The third kappa shape index (κ3) is 5.09. The van der Waals surface area contributed by atoms with Crippen LogP contribution in [0, 0.1) is 0 Å². The summed E-state index contributed by atoms with van der Waals surface area (Å²) in [6.45, 7) is 12.7. The fourth-order valence-corrected chi connectivity index (χ4v) is 2.87. The average molecular weight is 353 g/mol. The molecule has 1 aromatic rings. The van der Waals surface area contributed by atoms with E-state index in [1.165, 1.54) is 7.11 Å². The minimum atomic E-state index is -1.98. The summed E-state index contributed by atoms with van der Waals surface area (Å²) >= 11 is 0. The van der Waals surface area contributed by atoms with Crippen molar-refractivity contribution in [1.29, 1.82) is 0 Å². The molecule has 0 aliphatic rings. The topological polar surface area (TPSA) is 61.8 Å². The molecular formula is C18H28O5Si. The summed E-state index contributed by atoms with van der Waals surface area (Å²) in [7, 11) is -0.485. The molecule has 0 saturated heterocycles. The Bertz CT molecular complexity index is 602. The number of hydrogen-bond donors (Lipinski definition) is 0. The molecule has 0 atom stereocenters. The molecule has 0 heterocycles. The number of ketones is 1. The monoisotopic (exact) mass is 352 g/mol. The lowest BCUT2D eigenvalue weighted by Gasteiger charge is -2.36. The maximum absolute atomic E-state index is 12.3. The number of hydrogen-bond acceptors (Lipinski definition) is 5. The highest BCUT2D eigenvalue weighted by Crippen LogP contribution is 2.38. The summed E-state index contributed by atoms with van der Waals surface area (Å²) in [5, 5.41) is 0.0681. The van der Waals surface area contributed by atoms with Crippen LogP contribution in [-0.4, -0.2) is 33.8 Å². The molecule has 0 radical (unpaired) electrons. The van der Waals surface area contributed by atoms with E-state index >= 15 is 0 Å². The third-order valence-corrected chi connectivity index (χ3v) is 8.62. The quantitative estimate of drug-likeness (QED) is 0.318. The SMILES string of the molecule is CCOC(=O)CC(=O)c1ccc(O[Si](C)(C)C(C)(C)C)cc1OC. The van der Waals surface area contributed by atoms with Crippen LogP contribution in [0.2, 0.25) is 18.1 Å². The summed E-state index contributed by atoms with van der Waals surface area (Å²) in [6.07, 6.45) is -0.299. The number of methoxy groups -OCH3 is 1. The molecule has 0 unspecified atom stereocenters. The van der Waals surface area contributed by atoms with E-state index < -0.39 is 14.3 Å². The van der Waals surface area contributed by atoms with Crippen LogP contribution in [0.4, 0.5) is 0 Å². The Labute approximate surface area is 145 Å². The predicted molar refractivity (Wildman–Crippen MR) is 96.4 cm³/mol. The van der Waals surface area contributed by atoms with Crippen LogP contribution in [0.1, 0.15) is 44.5 Å². The molecule has 0 N–H and O–H groups in total. The smallest absolute Gasteiger partial charge is 0.313 e. The van der Waals surface area contributed by atoms with E-state index in [-0.39, 0.29) is 23.8 Å². The van der Waals surface area contributed by atoms with Gasteiger partial charge < -0.3 is 13.9 Å². The van der Waals surface area contributed by atoms with Crippen molar-refractivity contribution in [3.05, 3.63) is 23.8 Å². The van der Waals surface area contributed by atoms with Crippen molar-refractivity contribution in [2.24, 2.45) is 0 Å². The van der Waals surface area contributed by atoms with E-state index in [4.69, 9.17) is 13.9 Å². The van der Waals surface area contributed by atoms with E-state index in [2.05, 4.69) is 33.9 Å². The van der Waals surface area contributed by atoms with Gasteiger partial charge in [-0.3, -0.25) is 9.59 Å². The molecule has 0 saturated carbocycles. The first-order valence-corrected chi connectivity index (χ1v) is 11.0. The summed E-state index contributed by atoms with van der Waals surface area (Å²) in [6, 6.07) is 5.10. The van der Waals surface area contributed by atoms with Crippen LogP contribution in [0.25, 0.3) is 0 Å². The molecule has 0 aromatic heterocycles. The summed E-state index contributed by atoms with van der Waals surface area (Å²) in [4.78, 5) is 23.7. The molecule has 24 heavy (non-hydrogen) atoms. The molecule has 134 valence electrons. The first-order chi connectivity index (χ1) is 11.0. The molecule has 0 aliphatic carbocycles. The highest BCUT2D eigenvalue weighted by Gasteiger charge is 2.39. The van der Waals surface area contributed by atoms with E-state index in [9.17, 15) is 9.59 Å². The molecule has 6 heteroatoms.